The molecule has 0 saturated heterocycles. The average Bonchev–Trinajstić information content (AvgIpc) is 2.67. The molecule has 0 atom stereocenters. The summed E-state index contributed by atoms with van der Waals surface area (Å²) in [6.07, 6.45) is 16.9. The van der Waals surface area contributed by atoms with Crippen molar-refractivity contribution in [2.45, 2.75) is 105 Å². The molecule has 0 radical (unpaired) electrons. The van der Waals surface area contributed by atoms with Crippen molar-refractivity contribution >= 4 is 12.6 Å². The van der Waals surface area contributed by atoms with E-state index in [9.17, 15) is 4.79 Å². The van der Waals surface area contributed by atoms with Gasteiger partial charge in [-0.1, -0.05) is 72.1 Å². The van der Waals surface area contributed by atoms with Crippen molar-refractivity contribution in [3.63, 3.8) is 0 Å². The van der Waals surface area contributed by atoms with Crippen LogP contribution in [0.5, 0.6) is 0 Å². The number of ether oxygens (including phenoxy) is 1. The summed E-state index contributed by atoms with van der Waals surface area (Å²) in [4.78, 5) is 21.5. The van der Waals surface area contributed by atoms with E-state index in [1.807, 2.05) is 0 Å². The van der Waals surface area contributed by atoms with Gasteiger partial charge in [-0.2, -0.15) is 0 Å². The highest BCUT2D eigenvalue weighted by atomic mass is 16.5. The summed E-state index contributed by atoms with van der Waals surface area (Å²) in [5.74, 6) is 0. The molecular weight excluding hydrogens is 338 g/mol. The van der Waals surface area contributed by atoms with Crippen LogP contribution in [0.4, 0.5) is 0 Å². The van der Waals surface area contributed by atoms with Crippen LogP contribution in [-0.2, 0) is 14.3 Å². The zero-order valence-corrected chi connectivity index (χ0v) is 19.1. The molecular formula is C23H49NO3. The maximum atomic E-state index is 10.2. The van der Waals surface area contributed by atoms with E-state index < -0.39 is 0 Å². The smallest absolute Gasteiger partial charge is 0.120 e. The minimum Gasteiger partial charge on any atom is -0.385 e. The van der Waals surface area contributed by atoms with Gasteiger partial charge in [0.15, 0.2) is 0 Å². The van der Waals surface area contributed by atoms with Crippen molar-refractivity contribution < 1.29 is 14.3 Å². The molecule has 0 fully saturated rings. The molecule has 0 heterocycles. The summed E-state index contributed by atoms with van der Waals surface area (Å²) in [7, 11) is 1.75. The fourth-order valence-electron chi connectivity index (χ4n) is 2.62. The lowest BCUT2D eigenvalue weighted by molar-refractivity contribution is -0.108. The van der Waals surface area contributed by atoms with E-state index in [4.69, 9.17) is 9.53 Å². The van der Waals surface area contributed by atoms with E-state index in [1.54, 1.807) is 7.11 Å². The van der Waals surface area contributed by atoms with E-state index in [0.717, 1.165) is 38.7 Å². The normalized spacial score (nSPS) is 9.85. The van der Waals surface area contributed by atoms with Crippen LogP contribution in [0.15, 0.2) is 0 Å². The van der Waals surface area contributed by atoms with Crippen molar-refractivity contribution in [1.82, 2.24) is 4.90 Å². The molecule has 27 heavy (non-hydrogen) atoms. The Morgan fingerprint density at radius 2 is 1.22 bits per heavy atom. The highest BCUT2D eigenvalue weighted by molar-refractivity contribution is 5.49. The first-order valence-electron chi connectivity index (χ1n) is 11.2. The van der Waals surface area contributed by atoms with Crippen LogP contribution < -0.4 is 0 Å². The third-order valence-electron chi connectivity index (χ3n) is 4.27. The minimum absolute atomic E-state index is 0.716. The average molecular weight is 388 g/mol. The second-order valence-corrected chi connectivity index (χ2v) is 6.80. The first-order chi connectivity index (χ1) is 13.2. The van der Waals surface area contributed by atoms with Crippen molar-refractivity contribution in [3.05, 3.63) is 0 Å². The molecule has 4 heteroatoms. The quantitative estimate of drug-likeness (QED) is 0.224. The van der Waals surface area contributed by atoms with Gasteiger partial charge in [0.05, 0.1) is 0 Å². The Bertz CT molecular complexity index is 256. The zero-order valence-electron chi connectivity index (χ0n) is 19.1. The molecule has 0 aliphatic rings. The van der Waals surface area contributed by atoms with E-state index in [0.29, 0.717) is 6.42 Å². The monoisotopic (exact) mass is 387 g/mol. The molecule has 0 spiro atoms. The van der Waals surface area contributed by atoms with E-state index >= 15 is 0 Å². The van der Waals surface area contributed by atoms with E-state index in [1.165, 1.54) is 77.7 Å². The molecule has 0 aromatic heterocycles. The summed E-state index contributed by atoms with van der Waals surface area (Å²) in [5.41, 5.74) is 0. The number of rotatable bonds is 17. The molecule has 0 rings (SSSR count). The van der Waals surface area contributed by atoms with Gasteiger partial charge >= 0.3 is 0 Å². The fraction of sp³-hybridized carbons (Fsp3) is 0.913. The van der Waals surface area contributed by atoms with Crippen molar-refractivity contribution in [3.8, 4) is 0 Å². The fourth-order valence-corrected chi connectivity index (χ4v) is 2.62. The molecule has 0 aliphatic carbocycles. The van der Waals surface area contributed by atoms with Crippen molar-refractivity contribution in [1.29, 1.82) is 0 Å². The predicted molar refractivity (Wildman–Crippen MR) is 119 cm³/mol. The Balaban J connectivity index is -0.000000476. The molecule has 0 aromatic carbocycles. The molecule has 164 valence electrons. The Morgan fingerprint density at radius 3 is 1.70 bits per heavy atom. The SMILES string of the molecule is CC=O.CCCCCCCCCN(CC)CCCC=O.CCCCCOC. The van der Waals surface area contributed by atoms with Gasteiger partial charge in [0.1, 0.15) is 12.6 Å². The van der Waals surface area contributed by atoms with Gasteiger partial charge in [0.2, 0.25) is 0 Å². The lowest BCUT2D eigenvalue weighted by atomic mass is 10.1. The summed E-state index contributed by atoms with van der Waals surface area (Å²) >= 11 is 0. The van der Waals surface area contributed by atoms with Gasteiger partial charge < -0.3 is 19.2 Å². The number of methoxy groups -OCH3 is 1. The number of aldehydes is 2. The molecule has 0 bridgehead atoms. The van der Waals surface area contributed by atoms with Crippen molar-refractivity contribution in [2.24, 2.45) is 0 Å². The Morgan fingerprint density at radius 1 is 0.741 bits per heavy atom. The lowest BCUT2D eigenvalue weighted by Crippen LogP contribution is -2.25. The number of nitrogens with zero attached hydrogens (tertiary/aromatic N) is 1. The largest absolute Gasteiger partial charge is 0.385 e. The molecule has 0 unspecified atom stereocenters. The first kappa shape index (κ1) is 31.0. The molecule has 0 aliphatic heterocycles. The third kappa shape index (κ3) is 36.8. The minimum atomic E-state index is 0.716. The van der Waals surface area contributed by atoms with Crippen LogP contribution in [0.3, 0.4) is 0 Å². The number of unbranched alkanes of at least 4 members (excludes halogenated alkanes) is 9. The summed E-state index contributed by atoms with van der Waals surface area (Å²) < 4.78 is 4.84. The Kier molecular flexibility index (Phi) is 37.7. The van der Waals surface area contributed by atoms with E-state index in [-0.39, 0.29) is 0 Å². The zero-order chi connectivity index (χ0) is 21.0. The highest BCUT2D eigenvalue weighted by Gasteiger charge is 2.01. The molecule has 0 amide bonds. The van der Waals surface area contributed by atoms with Crippen LogP contribution >= 0.6 is 0 Å². The van der Waals surface area contributed by atoms with Crippen molar-refractivity contribution in [2.75, 3.05) is 33.4 Å². The van der Waals surface area contributed by atoms with Crippen LogP contribution in [0.25, 0.3) is 0 Å². The number of carbonyl (C=O) groups is 2. The van der Waals surface area contributed by atoms with Gasteiger partial charge in [-0.3, -0.25) is 0 Å². The Labute approximate surface area is 170 Å². The predicted octanol–water partition coefficient (Wildman–Crippen LogP) is 6.07. The topological polar surface area (TPSA) is 46.6 Å². The standard InChI is InChI=1S/C15H31NO.C6H14O.C2H4O/c1-3-5-6-7-8-9-10-13-16(4-2)14-11-12-15-17;1-3-4-5-6-7-2;1-2-3/h15H,3-14H2,1-2H3;3-6H2,1-2H3;2H,1H3. The Hall–Kier alpha value is -0.740. The molecule has 4 nitrogen and oxygen atoms in total. The van der Waals surface area contributed by atoms with Gasteiger partial charge in [0, 0.05) is 20.1 Å². The summed E-state index contributed by atoms with van der Waals surface area (Å²) in [5, 5.41) is 0. The van der Waals surface area contributed by atoms with Crippen LogP contribution in [-0.4, -0.2) is 50.8 Å². The summed E-state index contributed by atoms with van der Waals surface area (Å²) in [6, 6.07) is 0. The van der Waals surface area contributed by atoms with Crippen LogP contribution in [0.1, 0.15) is 105 Å². The number of hydrogen-bond donors (Lipinski definition) is 0. The number of carbonyl (C=O) groups excluding carboxylic acids is 2. The number of hydrogen-bond acceptors (Lipinski definition) is 4. The maximum Gasteiger partial charge on any atom is 0.120 e. The maximum absolute atomic E-state index is 10.2. The van der Waals surface area contributed by atoms with E-state index in [2.05, 4.69) is 25.7 Å². The second-order valence-electron chi connectivity index (χ2n) is 6.80. The van der Waals surface area contributed by atoms with Gasteiger partial charge in [-0.15, -0.1) is 0 Å². The van der Waals surface area contributed by atoms with Gasteiger partial charge in [-0.25, -0.2) is 0 Å². The summed E-state index contributed by atoms with van der Waals surface area (Å²) in [6.45, 7) is 12.5. The molecule has 0 saturated carbocycles. The third-order valence-corrected chi connectivity index (χ3v) is 4.27. The van der Waals surface area contributed by atoms with Crippen LogP contribution in [0, 0.1) is 0 Å². The highest BCUT2D eigenvalue weighted by Crippen LogP contribution is 2.07. The van der Waals surface area contributed by atoms with Crippen LogP contribution in [0.2, 0.25) is 0 Å². The molecule has 0 N–H and O–H groups in total. The first-order valence-corrected chi connectivity index (χ1v) is 11.2. The lowest BCUT2D eigenvalue weighted by Gasteiger charge is -2.19. The van der Waals surface area contributed by atoms with Gasteiger partial charge in [0.25, 0.3) is 0 Å². The molecule has 0 aromatic rings. The van der Waals surface area contributed by atoms with Gasteiger partial charge in [-0.05, 0) is 45.8 Å². The second kappa shape index (κ2) is 32.9.